The van der Waals surface area contributed by atoms with Crippen LogP contribution in [0.5, 0.6) is 0 Å². The number of nitriles is 3. The number of benzene rings is 7. The number of aliphatic hydroxyl groups is 2. The van der Waals surface area contributed by atoms with Crippen molar-refractivity contribution in [2.75, 3.05) is 158 Å². The van der Waals surface area contributed by atoms with E-state index in [1.165, 1.54) is 30.5 Å². The Labute approximate surface area is 686 Å². The third-order valence-electron chi connectivity index (χ3n) is 23.6. The number of amides is 3. The van der Waals surface area contributed by atoms with Crippen molar-refractivity contribution in [3.8, 4) is 18.2 Å². The Morgan fingerprint density at radius 3 is 1.26 bits per heavy atom. The molecular formula is C90H107F2N17O7S. The van der Waals surface area contributed by atoms with Crippen molar-refractivity contribution in [1.29, 1.82) is 15.8 Å². The van der Waals surface area contributed by atoms with E-state index >= 15 is 4.39 Å². The lowest BCUT2D eigenvalue weighted by molar-refractivity contribution is 0.0193. The summed E-state index contributed by atoms with van der Waals surface area (Å²) in [7, 11) is -3.90. The molecule has 0 bridgehead atoms. The summed E-state index contributed by atoms with van der Waals surface area (Å²) in [5.41, 5.74) is 14.4. The van der Waals surface area contributed by atoms with Crippen LogP contribution in [0.15, 0.2) is 157 Å². The van der Waals surface area contributed by atoms with Crippen LogP contribution in [-0.4, -0.2) is 215 Å². The minimum atomic E-state index is -3.90. The van der Waals surface area contributed by atoms with Gasteiger partial charge in [0, 0.05) is 163 Å². The summed E-state index contributed by atoms with van der Waals surface area (Å²) in [6.07, 6.45) is 6.96. The standard InChI is InChI=1S/C31H35FN6O2.C30H33FN6O3S.C29H39N5O2/c1-21-16-22(2)28(35-24-9-12-36(13-10-24)29-8-4-3-6-23(29)18-33)17-26(21)31(40)37-14-15-38(25(19-37)20-39)30-27(32)7-5-11-34-30;1-21-18-25(31)24(19-26(21)34-23-10-12-35(13-11-23)27-7-3-2-6-22(27)20-32)30(38)37-16-14-36(15-17-37)28-8-4-5-9-29(28)41(33,39)40;1-20(2)34-14-13-33(18-25(34)19-35)29(36)26-16-27(22(4)15-21(26)3)31-24-9-11-32(12-10-24)28-8-6-5-7-23(28)17-30/h3-8,11,16-17,24-25,35,39H,9-10,12-15,19-20H2,1-2H3;2-9,18-19,23,34H,10-17H2,1H3,(H2,33,39,40);5-8,15-16,20,24-25,31,35H,9-14,18-19H2,1-4H3/t25-;;25-/m1.1/s1. The van der Waals surface area contributed by atoms with Gasteiger partial charge in [0.15, 0.2) is 11.6 Å². The molecule has 0 radical (unpaired) electrons. The van der Waals surface area contributed by atoms with Crippen molar-refractivity contribution < 1.29 is 41.8 Å². The molecule has 6 fully saturated rings. The van der Waals surface area contributed by atoms with E-state index in [9.17, 15) is 53.2 Å². The smallest absolute Gasteiger partial charge is 0.257 e. The number of nitrogens with two attached hydrogens (primary N) is 1. The van der Waals surface area contributed by atoms with E-state index in [0.717, 1.165) is 157 Å². The first-order valence-corrected chi connectivity index (χ1v) is 42.1. The topological polar surface area (TPSA) is 301 Å². The van der Waals surface area contributed by atoms with E-state index in [4.69, 9.17) is 5.14 Å². The van der Waals surface area contributed by atoms with Crippen LogP contribution in [0.2, 0.25) is 0 Å². The lowest BCUT2D eigenvalue weighted by atomic mass is 9.99. The first-order chi connectivity index (χ1) is 56.4. The van der Waals surface area contributed by atoms with Gasteiger partial charge in [-0.05, 0) is 200 Å². The van der Waals surface area contributed by atoms with Gasteiger partial charge < -0.3 is 65.4 Å². The van der Waals surface area contributed by atoms with Gasteiger partial charge in [-0.1, -0.05) is 60.7 Å². The highest BCUT2D eigenvalue weighted by Gasteiger charge is 2.36. The number of carbonyl (C=O) groups excluding carboxylic acids is 3. The van der Waals surface area contributed by atoms with Crippen LogP contribution < -0.4 is 45.6 Å². The van der Waals surface area contributed by atoms with Gasteiger partial charge in [-0.2, -0.15) is 15.8 Å². The Bertz CT molecular complexity index is 5120. The zero-order valence-corrected chi connectivity index (χ0v) is 68.7. The van der Waals surface area contributed by atoms with Crippen molar-refractivity contribution in [3.05, 3.63) is 225 Å². The Hall–Kier alpha value is -11.4. The fraction of sp³-hybridized carbons (Fsp3) is 0.411. The molecule has 6 aliphatic heterocycles. The molecule has 6 saturated heterocycles. The van der Waals surface area contributed by atoms with Crippen LogP contribution in [0, 0.1) is 80.2 Å². The maximum atomic E-state index is 15.1. The maximum Gasteiger partial charge on any atom is 0.257 e. The number of rotatable bonds is 18. The van der Waals surface area contributed by atoms with E-state index < -0.39 is 33.6 Å². The molecule has 7 aromatic carbocycles. The number of nitrogens with zero attached hydrogens (tertiary/aromatic N) is 13. The number of hydrogen-bond donors (Lipinski definition) is 6. The van der Waals surface area contributed by atoms with Crippen LogP contribution in [-0.2, 0) is 10.0 Å². The van der Waals surface area contributed by atoms with Crippen LogP contribution in [0.4, 0.5) is 54.4 Å². The lowest BCUT2D eigenvalue weighted by Gasteiger charge is -2.43. The van der Waals surface area contributed by atoms with E-state index in [1.807, 2.05) is 128 Å². The van der Waals surface area contributed by atoms with Crippen molar-refractivity contribution in [1.82, 2.24) is 24.6 Å². The number of sulfonamides is 1. The largest absolute Gasteiger partial charge is 0.395 e. The average Bonchev–Trinajstić information content (AvgIpc) is 0.797. The minimum Gasteiger partial charge on any atom is -0.395 e. The number of para-hydroxylation sites is 4. The fourth-order valence-electron chi connectivity index (χ4n) is 17.0. The minimum absolute atomic E-state index is 0.0110. The number of carbonyl (C=O) groups is 3. The molecule has 0 saturated carbocycles. The number of piperazine rings is 3. The third kappa shape index (κ3) is 20.2. The Kier molecular flexibility index (Phi) is 28.0. The van der Waals surface area contributed by atoms with Gasteiger partial charge >= 0.3 is 0 Å². The zero-order chi connectivity index (χ0) is 83.2. The first kappa shape index (κ1) is 85.0. The predicted octanol–water partition coefficient (Wildman–Crippen LogP) is 11.6. The quantitative estimate of drug-likeness (QED) is 0.0465. The molecule has 0 unspecified atom stereocenters. The number of anilines is 8. The van der Waals surface area contributed by atoms with Crippen LogP contribution in [0.1, 0.15) is 128 Å². The summed E-state index contributed by atoms with van der Waals surface area (Å²) in [5, 5.41) is 64.6. The summed E-state index contributed by atoms with van der Waals surface area (Å²) < 4.78 is 53.5. The molecule has 0 spiro atoms. The molecule has 14 rings (SSSR count). The molecule has 27 heteroatoms. The van der Waals surface area contributed by atoms with Crippen LogP contribution in [0.25, 0.3) is 0 Å². The molecule has 117 heavy (non-hydrogen) atoms. The zero-order valence-electron chi connectivity index (χ0n) is 67.9. The number of halogens is 2. The molecular weight excluding hydrogens is 1500 g/mol. The number of nitrogens with one attached hydrogen (secondary N) is 3. The van der Waals surface area contributed by atoms with Crippen molar-refractivity contribution >= 4 is 73.4 Å². The SMILES string of the molecule is Cc1cc(C)c(C(=O)N2CCN(C(C)C)[C@@H](CO)C2)cc1NC1CCN(c2ccccc2C#N)CC1.Cc1cc(C)c(C(=O)N2CCN(c3ncccc3F)[C@@H](CO)C2)cc1NC1CCN(c2ccccc2C#N)CC1.Cc1cc(F)c(C(=O)N2CCN(c3ccccc3S(N)(=O)=O)CC2)cc1NC1CCN(c2ccccc2C#N)CC1. The number of piperidine rings is 3. The van der Waals surface area contributed by atoms with Gasteiger partial charge in [0.05, 0.1) is 70.3 Å². The summed E-state index contributed by atoms with van der Waals surface area (Å²) in [6, 6.07) is 51.1. The molecule has 1 aromatic heterocycles. The van der Waals surface area contributed by atoms with Gasteiger partial charge in [-0.3, -0.25) is 19.3 Å². The lowest BCUT2D eigenvalue weighted by Crippen LogP contribution is -2.58. The summed E-state index contributed by atoms with van der Waals surface area (Å²) >= 11 is 0. The maximum absolute atomic E-state index is 15.1. The Morgan fingerprint density at radius 1 is 0.462 bits per heavy atom. The first-order valence-electron chi connectivity index (χ1n) is 40.5. The van der Waals surface area contributed by atoms with E-state index in [2.05, 4.69) is 85.6 Å². The van der Waals surface area contributed by atoms with Gasteiger partial charge in [0.1, 0.15) is 28.9 Å². The molecule has 0 aliphatic carbocycles. The van der Waals surface area contributed by atoms with Gasteiger partial charge in [-0.15, -0.1) is 0 Å². The molecule has 24 nitrogen and oxygen atoms in total. The predicted molar refractivity (Wildman–Crippen MR) is 456 cm³/mol. The molecule has 7 N–H and O–H groups in total. The molecule has 2 atom stereocenters. The molecule has 3 amide bonds. The highest BCUT2D eigenvalue weighted by atomic mass is 32.2. The highest BCUT2D eigenvalue weighted by Crippen LogP contribution is 2.35. The monoisotopic (exact) mass is 1610 g/mol. The molecule has 6 aliphatic rings. The van der Waals surface area contributed by atoms with E-state index in [1.54, 1.807) is 39.0 Å². The number of aryl methyl sites for hydroxylation is 5. The fourth-order valence-corrected chi connectivity index (χ4v) is 17.8. The van der Waals surface area contributed by atoms with Crippen molar-refractivity contribution in [2.24, 2.45) is 5.14 Å². The second-order valence-electron chi connectivity index (χ2n) is 31.5. The molecule has 7 heterocycles. The number of aliphatic hydroxyl groups excluding tert-OH is 2. The van der Waals surface area contributed by atoms with Crippen LogP contribution in [0.3, 0.4) is 0 Å². The number of pyridine rings is 1. The highest BCUT2D eigenvalue weighted by molar-refractivity contribution is 7.89. The van der Waals surface area contributed by atoms with Crippen molar-refractivity contribution in [2.45, 2.75) is 128 Å². The summed E-state index contributed by atoms with van der Waals surface area (Å²) in [4.78, 5) is 62.7. The van der Waals surface area contributed by atoms with Gasteiger partial charge in [0.2, 0.25) is 10.0 Å². The summed E-state index contributed by atoms with van der Waals surface area (Å²) in [5.74, 6) is -1.25. The van der Waals surface area contributed by atoms with E-state index in [0.29, 0.717) is 86.8 Å². The Morgan fingerprint density at radius 2 is 0.838 bits per heavy atom. The average molecular weight is 1610 g/mol. The molecule has 614 valence electrons. The van der Waals surface area contributed by atoms with Crippen LogP contribution >= 0.6 is 0 Å². The second-order valence-corrected chi connectivity index (χ2v) is 33.0. The Balaban J connectivity index is 0.000000162. The number of aromatic nitrogens is 1. The third-order valence-corrected chi connectivity index (χ3v) is 24.5. The molecule has 8 aromatic rings. The second kappa shape index (κ2) is 38.6. The van der Waals surface area contributed by atoms with Gasteiger partial charge in [-0.25, -0.2) is 27.3 Å². The number of hydrogen-bond acceptors (Lipinski definition) is 20. The summed E-state index contributed by atoms with van der Waals surface area (Å²) in [6.45, 7) is 23.5. The number of primary sulfonamides is 1. The van der Waals surface area contributed by atoms with Gasteiger partial charge in [0.25, 0.3) is 17.7 Å². The van der Waals surface area contributed by atoms with E-state index in [-0.39, 0.29) is 66.0 Å². The van der Waals surface area contributed by atoms with Crippen molar-refractivity contribution in [3.63, 3.8) is 0 Å². The normalized spacial score (nSPS) is 17.9.